The lowest BCUT2D eigenvalue weighted by Crippen LogP contribution is -2.42. The van der Waals surface area contributed by atoms with Gasteiger partial charge in [-0.2, -0.15) is 18.4 Å². The highest BCUT2D eigenvalue weighted by atomic mass is 19.4. The van der Waals surface area contributed by atoms with Crippen LogP contribution in [0.15, 0.2) is 36.7 Å². The Kier molecular flexibility index (Phi) is 5.89. The van der Waals surface area contributed by atoms with E-state index in [4.69, 9.17) is 5.73 Å². The smallest absolute Gasteiger partial charge is 0.383 e. The molecule has 1 aliphatic rings. The summed E-state index contributed by atoms with van der Waals surface area (Å²) < 4.78 is 38.7. The Labute approximate surface area is 188 Å². The van der Waals surface area contributed by atoms with Gasteiger partial charge in [-0.25, -0.2) is 9.97 Å². The predicted octanol–water partition coefficient (Wildman–Crippen LogP) is 4.27. The average molecular weight is 454 g/mol. The van der Waals surface area contributed by atoms with Crippen LogP contribution in [-0.2, 0) is 12.7 Å². The van der Waals surface area contributed by atoms with Gasteiger partial charge in [0.15, 0.2) is 0 Å². The molecule has 1 aliphatic carbocycles. The topological polar surface area (TPSA) is 109 Å². The SMILES string of the molecule is Cc1cc2cc(C(=O)N(Cc3ccc(C(F)(F)F)cn3)[C@H]3CCC[C@H]3C#N)ncc2nc1N. The zero-order chi connectivity index (χ0) is 23.8. The fraction of sp³-hybridized carbons (Fsp3) is 0.348. The molecule has 3 aromatic heterocycles. The summed E-state index contributed by atoms with van der Waals surface area (Å²) in [7, 11) is 0. The summed E-state index contributed by atoms with van der Waals surface area (Å²) in [5.41, 5.74) is 6.74. The Bertz CT molecular complexity index is 1240. The average Bonchev–Trinajstić information content (AvgIpc) is 3.26. The first-order chi connectivity index (χ1) is 15.7. The maximum Gasteiger partial charge on any atom is 0.417 e. The van der Waals surface area contributed by atoms with E-state index in [0.29, 0.717) is 35.3 Å². The molecule has 0 unspecified atom stereocenters. The third-order valence-corrected chi connectivity index (χ3v) is 5.94. The molecule has 2 N–H and O–H groups in total. The van der Waals surface area contributed by atoms with Gasteiger partial charge in [-0.3, -0.25) is 9.78 Å². The van der Waals surface area contributed by atoms with Crippen LogP contribution in [0.1, 0.15) is 46.6 Å². The van der Waals surface area contributed by atoms with Crippen molar-refractivity contribution in [3.05, 3.63) is 59.2 Å². The Balaban J connectivity index is 1.69. The molecule has 4 rings (SSSR count). The molecule has 7 nitrogen and oxygen atoms in total. The van der Waals surface area contributed by atoms with Gasteiger partial charge >= 0.3 is 6.18 Å². The molecule has 1 saturated carbocycles. The van der Waals surface area contributed by atoms with Crippen LogP contribution in [0.5, 0.6) is 0 Å². The van der Waals surface area contributed by atoms with Crippen molar-refractivity contribution in [3.8, 4) is 6.07 Å². The number of nitriles is 1. The van der Waals surface area contributed by atoms with Crippen molar-refractivity contribution in [2.45, 2.75) is 44.9 Å². The Morgan fingerprint density at radius 2 is 2.03 bits per heavy atom. The number of fused-ring (bicyclic) bond motifs is 1. The van der Waals surface area contributed by atoms with Gasteiger partial charge in [0.1, 0.15) is 11.5 Å². The van der Waals surface area contributed by atoms with Gasteiger partial charge in [-0.15, -0.1) is 0 Å². The normalized spacial score (nSPS) is 18.3. The molecule has 170 valence electrons. The molecule has 0 spiro atoms. The number of nitrogens with zero attached hydrogens (tertiary/aromatic N) is 5. The molecule has 0 aliphatic heterocycles. The zero-order valence-corrected chi connectivity index (χ0v) is 17.8. The summed E-state index contributed by atoms with van der Waals surface area (Å²) in [6.07, 6.45) is -0.233. The second-order valence-electron chi connectivity index (χ2n) is 8.16. The summed E-state index contributed by atoms with van der Waals surface area (Å²) in [5, 5.41) is 10.3. The summed E-state index contributed by atoms with van der Waals surface area (Å²) in [6.45, 7) is 1.78. The first kappa shape index (κ1) is 22.5. The summed E-state index contributed by atoms with van der Waals surface area (Å²) in [5.74, 6) is -0.408. The quantitative estimate of drug-likeness (QED) is 0.631. The van der Waals surface area contributed by atoms with Gasteiger partial charge in [-0.1, -0.05) is 0 Å². The zero-order valence-electron chi connectivity index (χ0n) is 17.8. The van der Waals surface area contributed by atoms with Crippen molar-refractivity contribution in [2.75, 3.05) is 5.73 Å². The molecule has 3 aromatic rings. The Morgan fingerprint density at radius 1 is 1.24 bits per heavy atom. The molecular formula is C23H21F3N6O. The number of nitrogens with two attached hydrogens (primary N) is 1. The van der Waals surface area contributed by atoms with E-state index in [9.17, 15) is 23.2 Å². The Hall–Kier alpha value is -3.74. The number of carbonyl (C=O) groups is 1. The summed E-state index contributed by atoms with van der Waals surface area (Å²) in [6, 6.07) is 7.49. The molecule has 3 heterocycles. The number of aromatic nitrogens is 3. The molecule has 1 fully saturated rings. The van der Waals surface area contributed by atoms with E-state index in [-0.39, 0.29) is 24.2 Å². The third kappa shape index (κ3) is 4.58. The van der Waals surface area contributed by atoms with Crippen LogP contribution in [0.25, 0.3) is 10.9 Å². The molecule has 0 radical (unpaired) electrons. The number of alkyl halides is 3. The highest BCUT2D eigenvalue weighted by Gasteiger charge is 2.36. The fourth-order valence-electron chi connectivity index (χ4n) is 4.13. The van der Waals surface area contributed by atoms with Crippen molar-refractivity contribution in [1.82, 2.24) is 19.9 Å². The van der Waals surface area contributed by atoms with Gasteiger partial charge in [0.05, 0.1) is 41.5 Å². The van der Waals surface area contributed by atoms with Crippen LogP contribution in [0.3, 0.4) is 0 Å². The number of nitrogen functional groups attached to an aromatic ring is 1. The molecule has 33 heavy (non-hydrogen) atoms. The van der Waals surface area contributed by atoms with Crippen molar-refractivity contribution >= 4 is 22.6 Å². The molecule has 0 saturated heterocycles. The molecule has 0 aromatic carbocycles. The number of hydrogen-bond acceptors (Lipinski definition) is 6. The van der Waals surface area contributed by atoms with Crippen LogP contribution in [-0.4, -0.2) is 31.8 Å². The summed E-state index contributed by atoms with van der Waals surface area (Å²) in [4.78, 5) is 27.4. The molecular weight excluding hydrogens is 433 g/mol. The lowest BCUT2D eigenvalue weighted by molar-refractivity contribution is -0.137. The number of halogens is 3. The highest BCUT2D eigenvalue weighted by Crippen LogP contribution is 2.32. The van der Waals surface area contributed by atoms with Gasteiger partial charge in [0.25, 0.3) is 5.91 Å². The van der Waals surface area contributed by atoms with E-state index in [1.807, 2.05) is 13.0 Å². The van der Waals surface area contributed by atoms with Gasteiger partial charge in [0.2, 0.25) is 0 Å². The maximum atomic E-state index is 13.5. The van der Waals surface area contributed by atoms with Gasteiger partial charge in [0, 0.05) is 17.6 Å². The molecule has 0 bridgehead atoms. The van der Waals surface area contributed by atoms with E-state index < -0.39 is 17.6 Å². The van der Waals surface area contributed by atoms with E-state index in [1.54, 1.807) is 6.07 Å². The number of hydrogen-bond donors (Lipinski definition) is 1. The minimum Gasteiger partial charge on any atom is -0.383 e. The minimum atomic E-state index is -4.50. The second-order valence-corrected chi connectivity index (χ2v) is 8.16. The molecule has 2 atom stereocenters. The highest BCUT2D eigenvalue weighted by molar-refractivity contribution is 5.96. The van der Waals surface area contributed by atoms with E-state index in [1.165, 1.54) is 17.2 Å². The predicted molar refractivity (Wildman–Crippen MR) is 115 cm³/mol. The van der Waals surface area contributed by atoms with Crippen molar-refractivity contribution in [2.24, 2.45) is 5.92 Å². The molecule has 10 heteroatoms. The van der Waals surface area contributed by atoms with Gasteiger partial charge in [-0.05, 0) is 56.0 Å². The largest absolute Gasteiger partial charge is 0.417 e. The summed E-state index contributed by atoms with van der Waals surface area (Å²) >= 11 is 0. The number of pyridine rings is 3. The lowest BCUT2D eigenvalue weighted by atomic mass is 10.0. The van der Waals surface area contributed by atoms with E-state index in [0.717, 1.165) is 24.2 Å². The van der Waals surface area contributed by atoms with Crippen LogP contribution in [0.4, 0.5) is 19.0 Å². The van der Waals surface area contributed by atoms with Crippen LogP contribution in [0, 0.1) is 24.2 Å². The van der Waals surface area contributed by atoms with Crippen molar-refractivity contribution in [3.63, 3.8) is 0 Å². The van der Waals surface area contributed by atoms with Crippen LogP contribution >= 0.6 is 0 Å². The monoisotopic (exact) mass is 454 g/mol. The van der Waals surface area contributed by atoms with Crippen molar-refractivity contribution in [1.29, 1.82) is 5.26 Å². The van der Waals surface area contributed by atoms with Crippen LogP contribution in [0.2, 0.25) is 0 Å². The number of rotatable bonds is 4. The van der Waals surface area contributed by atoms with Crippen LogP contribution < -0.4 is 5.73 Å². The third-order valence-electron chi connectivity index (χ3n) is 5.94. The number of anilines is 1. The lowest BCUT2D eigenvalue weighted by Gasteiger charge is -2.30. The first-order valence-electron chi connectivity index (χ1n) is 10.4. The van der Waals surface area contributed by atoms with Gasteiger partial charge < -0.3 is 10.6 Å². The van der Waals surface area contributed by atoms with E-state index >= 15 is 0 Å². The standard InChI is InChI=1S/C23H21F3N6O/c1-13-7-15-8-18(30-11-19(15)31-21(13)28)22(33)32(20-4-2-3-14(20)9-27)12-17-6-5-16(10-29-17)23(24,25)26/h5-8,10-11,14,20H,2-4,12H2,1H3,(H2,28,31)/t14-,20-/m0/s1. The Morgan fingerprint density at radius 3 is 2.70 bits per heavy atom. The maximum absolute atomic E-state index is 13.5. The molecule has 1 amide bonds. The number of aryl methyl sites for hydroxylation is 1. The minimum absolute atomic E-state index is 0.0292. The number of carbonyl (C=O) groups excluding carboxylic acids is 1. The fourth-order valence-corrected chi connectivity index (χ4v) is 4.13. The van der Waals surface area contributed by atoms with Crippen molar-refractivity contribution < 1.29 is 18.0 Å². The first-order valence-corrected chi connectivity index (χ1v) is 10.4. The number of amides is 1. The second kappa shape index (κ2) is 8.65. The van der Waals surface area contributed by atoms with E-state index in [2.05, 4.69) is 21.0 Å².